The predicted octanol–water partition coefficient (Wildman–Crippen LogP) is 4.51. The molecule has 0 atom stereocenters. The van der Waals surface area contributed by atoms with Crippen LogP contribution in [0.5, 0.6) is 0 Å². The highest BCUT2D eigenvalue weighted by molar-refractivity contribution is 5.58. The van der Waals surface area contributed by atoms with E-state index in [2.05, 4.69) is 41.0 Å². The van der Waals surface area contributed by atoms with E-state index >= 15 is 0 Å². The molecular formula is C23H32N4O. The second-order valence-electron chi connectivity index (χ2n) is 8.34. The first-order valence-electron chi connectivity index (χ1n) is 10.8. The molecule has 28 heavy (non-hydrogen) atoms. The number of benzene rings is 1. The van der Waals surface area contributed by atoms with E-state index in [1.165, 1.54) is 44.1 Å². The Labute approximate surface area is 168 Å². The zero-order chi connectivity index (χ0) is 19.7. The molecule has 1 aromatic heterocycles. The molecular weight excluding hydrogens is 348 g/mol. The molecule has 1 aliphatic heterocycles. The molecule has 1 aromatic carbocycles. The summed E-state index contributed by atoms with van der Waals surface area (Å²) >= 11 is 0. The van der Waals surface area contributed by atoms with Crippen molar-refractivity contribution in [3.05, 3.63) is 51.4 Å². The van der Waals surface area contributed by atoms with Gasteiger partial charge in [0.05, 0.1) is 13.3 Å². The van der Waals surface area contributed by atoms with Gasteiger partial charge in [-0.05, 0) is 45.2 Å². The van der Waals surface area contributed by atoms with Gasteiger partial charge < -0.3 is 0 Å². The first kappa shape index (κ1) is 19.2. The summed E-state index contributed by atoms with van der Waals surface area (Å²) in [7, 11) is 0. The number of aromatic nitrogens is 2. The molecule has 2 aliphatic rings. The van der Waals surface area contributed by atoms with Gasteiger partial charge in [-0.15, -0.1) is 0 Å². The van der Waals surface area contributed by atoms with Crippen LogP contribution in [0.4, 0.5) is 11.6 Å². The number of hydrogen-bond acceptors (Lipinski definition) is 4. The van der Waals surface area contributed by atoms with E-state index < -0.39 is 0 Å². The minimum Gasteiger partial charge on any atom is -0.298 e. The second-order valence-corrected chi connectivity index (χ2v) is 8.34. The first-order valence-corrected chi connectivity index (χ1v) is 10.8. The van der Waals surface area contributed by atoms with E-state index in [0.717, 1.165) is 36.0 Å². The summed E-state index contributed by atoms with van der Waals surface area (Å²) in [6, 6.07) is 9.10. The monoisotopic (exact) mass is 380 g/mol. The molecule has 5 heteroatoms. The van der Waals surface area contributed by atoms with Gasteiger partial charge in [0.1, 0.15) is 0 Å². The third kappa shape index (κ3) is 3.60. The lowest BCUT2D eigenvalue weighted by molar-refractivity contribution is 0.123. The van der Waals surface area contributed by atoms with Gasteiger partial charge in [-0.3, -0.25) is 19.2 Å². The molecule has 1 saturated carbocycles. The van der Waals surface area contributed by atoms with E-state index in [1.54, 1.807) is 0 Å². The average Bonchev–Trinajstić information content (AvgIpc) is 2.98. The molecule has 2 aromatic rings. The van der Waals surface area contributed by atoms with Crippen LogP contribution < -0.4 is 10.5 Å². The number of aryl methyl sites for hydroxylation is 2. The SMILES string of the molecule is CCc1c(C)nc2n(c1=O)CN(C1CCCCCC1)CN2c1ccc(C)cc1. The van der Waals surface area contributed by atoms with Crippen LogP contribution in [0.2, 0.25) is 0 Å². The summed E-state index contributed by atoms with van der Waals surface area (Å²) in [5, 5.41) is 0. The minimum absolute atomic E-state index is 0.125. The highest BCUT2D eigenvalue weighted by atomic mass is 16.1. The van der Waals surface area contributed by atoms with Crippen molar-refractivity contribution in [2.75, 3.05) is 11.6 Å². The molecule has 0 N–H and O–H groups in total. The van der Waals surface area contributed by atoms with Crippen molar-refractivity contribution in [1.82, 2.24) is 14.5 Å². The van der Waals surface area contributed by atoms with Crippen molar-refractivity contribution in [3.63, 3.8) is 0 Å². The van der Waals surface area contributed by atoms with E-state index in [1.807, 2.05) is 18.4 Å². The van der Waals surface area contributed by atoms with E-state index in [4.69, 9.17) is 4.98 Å². The van der Waals surface area contributed by atoms with Crippen molar-refractivity contribution in [2.45, 2.75) is 78.4 Å². The fourth-order valence-electron chi connectivity index (χ4n) is 4.67. The number of hydrogen-bond donors (Lipinski definition) is 0. The van der Waals surface area contributed by atoms with Gasteiger partial charge in [0.15, 0.2) is 0 Å². The Hall–Kier alpha value is -2.14. The lowest BCUT2D eigenvalue weighted by Crippen LogP contribution is -2.51. The van der Waals surface area contributed by atoms with E-state index in [0.29, 0.717) is 12.7 Å². The molecule has 4 rings (SSSR count). The predicted molar refractivity (Wildman–Crippen MR) is 114 cm³/mol. The lowest BCUT2D eigenvalue weighted by Gasteiger charge is -2.42. The topological polar surface area (TPSA) is 41.4 Å². The molecule has 0 unspecified atom stereocenters. The molecule has 5 nitrogen and oxygen atoms in total. The van der Waals surface area contributed by atoms with Crippen LogP contribution in [-0.4, -0.2) is 27.2 Å². The molecule has 0 bridgehead atoms. The minimum atomic E-state index is 0.125. The largest absolute Gasteiger partial charge is 0.298 e. The summed E-state index contributed by atoms with van der Waals surface area (Å²) in [4.78, 5) is 22.9. The molecule has 0 saturated heterocycles. The van der Waals surface area contributed by atoms with E-state index in [-0.39, 0.29) is 5.56 Å². The summed E-state index contributed by atoms with van der Waals surface area (Å²) in [5.41, 5.74) is 4.17. The smallest absolute Gasteiger partial charge is 0.259 e. The van der Waals surface area contributed by atoms with Gasteiger partial charge in [-0.2, -0.15) is 0 Å². The van der Waals surface area contributed by atoms with Gasteiger partial charge in [0, 0.05) is 23.0 Å². The maximum Gasteiger partial charge on any atom is 0.259 e. The normalized spacial score (nSPS) is 18.8. The highest BCUT2D eigenvalue weighted by Gasteiger charge is 2.31. The third-order valence-electron chi connectivity index (χ3n) is 6.38. The van der Waals surface area contributed by atoms with Gasteiger partial charge in [0.2, 0.25) is 5.95 Å². The van der Waals surface area contributed by atoms with Crippen LogP contribution in [0.15, 0.2) is 29.1 Å². The second kappa shape index (κ2) is 8.08. The summed E-state index contributed by atoms with van der Waals surface area (Å²) in [6.07, 6.45) is 8.44. The Morgan fingerprint density at radius 1 is 1.00 bits per heavy atom. The number of nitrogens with zero attached hydrogens (tertiary/aromatic N) is 4. The van der Waals surface area contributed by atoms with Crippen LogP contribution in [0.3, 0.4) is 0 Å². The van der Waals surface area contributed by atoms with Crippen LogP contribution in [0, 0.1) is 13.8 Å². The van der Waals surface area contributed by atoms with Crippen LogP contribution in [-0.2, 0) is 13.1 Å². The molecule has 0 spiro atoms. The lowest BCUT2D eigenvalue weighted by atomic mass is 10.1. The third-order valence-corrected chi connectivity index (χ3v) is 6.38. The molecule has 0 radical (unpaired) electrons. The molecule has 150 valence electrons. The van der Waals surface area contributed by atoms with Crippen molar-refractivity contribution in [1.29, 1.82) is 0 Å². The van der Waals surface area contributed by atoms with Crippen LogP contribution >= 0.6 is 0 Å². The van der Waals surface area contributed by atoms with Crippen LogP contribution in [0.1, 0.15) is 62.3 Å². The summed E-state index contributed by atoms with van der Waals surface area (Å²) < 4.78 is 1.90. The van der Waals surface area contributed by atoms with Crippen molar-refractivity contribution < 1.29 is 0 Å². The Bertz CT molecular complexity index is 879. The Morgan fingerprint density at radius 2 is 1.68 bits per heavy atom. The van der Waals surface area contributed by atoms with Crippen molar-refractivity contribution in [3.8, 4) is 0 Å². The molecule has 1 fully saturated rings. The molecule has 1 aliphatic carbocycles. The highest BCUT2D eigenvalue weighted by Crippen LogP contribution is 2.31. The molecule has 0 amide bonds. The van der Waals surface area contributed by atoms with Gasteiger partial charge in [-0.1, -0.05) is 50.3 Å². The Balaban J connectivity index is 1.79. The van der Waals surface area contributed by atoms with Crippen LogP contribution in [0.25, 0.3) is 0 Å². The maximum absolute atomic E-state index is 13.3. The zero-order valence-electron chi connectivity index (χ0n) is 17.4. The van der Waals surface area contributed by atoms with Gasteiger partial charge in [0.25, 0.3) is 5.56 Å². The Kier molecular flexibility index (Phi) is 5.54. The zero-order valence-corrected chi connectivity index (χ0v) is 17.4. The number of anilines is 2. The van der Waals surface area contributed by atoms with E-state index in [9.17, 15) is 4.79 Å². The number of rotatable bonds is 3. The standard InChI is InChI=1S/C23H32N4O/c1-4-21-18(3)24-23-26(20-13-11-17(2)12-14-20)15-25(16-27(23)22(21)28)19-9-7-5-6-8-10-19/h11-14,19H,4-10,15-16H2,1-3H3. The van der Waals surface area contributed by atoms with Crippen molar-refractivity contribution in [2.24, 2.45) is 0 Å². The van der Waals surface area contributed by atoms with Gasteiger partial charge in [-0.25, -0.2) is 4.98 Å². The molecule has 2 heterocycles. The van der Waals surface area contributed by atoms with Gasteiger partial charge >= 0.3 is 0 Å². The Morgan fingerprint density at radius 3 is 2.32 bits per heavy atom. The first-order chi connectivity index (χ1) is 13.6. The summed E-state index contributed by atoms with van der Waals surface area (Å²) in [5.74, 6) is 0.786. The quantitative estimate of drug-likeness (QED) is 0.735. The maximum atomic E-state index is 13.3. The number of fused-ring (bicyclic) bond motifs is 1. The van der Waals surface area contributed by atoms with Crippen molar-refractivity contribution >= 4 is 11.6 Å². The fourth-order valence-corrected chi connectivity index (χ4v) is 4.67. The summed E-state index contributed by atoms with van der Waals surface area (Å²) in [6.45, 7) is 7.56. The average molecular weight is 381 g/mol. The fraction of sp³-hybridized carbons (Fsp3) is 0.565.